The number of hydrogen-bond donors (Lipinski definition) is 1. The predicted molar refractivity (Wildman–Crippen MR) is 74.3 cm³/mol. The molecular weight excluding hydrogens is 244 g/mol. The molecule has 0 saturated heterocycles. The van der Waals surface area contributed by atoms with E-state index in [0.717, 1.165) is 5.56 Å². The van der Waals surface area contributed by atoms with Gasteiger partial charge in [0.25, 0.3) is 0 Å². The van der Waals surface area contributed by atoms with Crippen LogP contribution in [-0.4, -0.2) is 38.1 Å². The molecule has 5 nitrogen and oxygen atoms in total. The lowest BCUT2D eigenvalue weighted by atomic mass is 10.1. The number of rotatable bonds is 6. The lowest BCUT2D eigenvalue weighted by molar-refractivity contribution is -0.131. The summed E-state index contributed by atoms with van der Waals surface area (Å²) < 4.78 is 10.6. The van der Waals surface area contributed by atoms with Crippen molar-refractivity contribution >= 4 is 5.91 Å². The summed E-state index contributed by atoms with van der Waals surface area (Å²) in [6.07, 6.45) is 0.623. The first-order valence-corrected chi connectivity index (χ1v) is 6.25. The third-order valence-corrected chi connectivity index (χ3v) is 3.03. The smallest absolute Gasteiger partial charge is 0.239 e. The Kier molecular flexibility index (Phi) is 5.63. The Labute approximate surface area is 114 Å². The maximum Gasteiger partial charge on any atom is 0.239 e. The molecule has 0 aromatic heterocycles. The molecule has 1 amide bonds. The summed E-state index contributed by atoms with van der Waals surface area (Å²) in [5, 5.41) is 0. The number of carbonyl (C=O) groups is 1. The molecule has 1 aromatic carbocycles. The fourth-order valence-corrected chi connectivity index (χ4v) is 1.87. The van der Waals surface area contributed by atoms with Crippen LogP contribution in [0.15, 0.2) is 18.2 Å². The second-order valence-corrected chi connectivity index (χ2v) is 4.36. The summed E-state index contributed by atoms with van der Waals surface area (Å²) in [5.74, 6) is 1.22. The molecule has 1 atom stereocenters. The third-order valence-electron chi connectivity index (χ3n) is 3.03. The highest BCUT2D eigenvalue weighted by atomic mass is 16.5. The molecule has 0 aliphatic rings. The summed E-state index contributed by atoms with van der Waals surface area (Å²) in [6.45, 7) is 2.33. The van der Waals surface area contributed by atoms with Crippen molar-refractivity contribution in [3.05, 3.63) is 23.8 Å². The highest BCUT2D eigenvalue weighted by Gasteiger charge is 2.18. The van der Waals surface area contributed by atoms with Crippen molar-refractivity contribution in [2.24, 2.45) is 5.73 Å². The molecule has 0 fully saturated rings. The minimum Gasteiger partial charge on any atom is -0.493 e. The zero-order valence-electron chi connectivity index (χ0n) is 12.0. The zero-order valence-corrected chi connectivity index (χ0v) is 12.0. The molecule has 0 saturated carbocycles. The van der Waals surface area contributed by atoms with Gasteiger partial charge in [0.15, 0.2) is 11.5 Å². The summed E-state index contributed by atoms with van der Waals surface area (Å²) in [6, 6.07) is 5.14. The maximum absolute atomic E-state index is 12.0. The predicted octanol–water partition coefficient (Wildman–Crippen LogP) is 1.40. The molecule has 0 aliphatic carbocycles. The molecule has 0 radical (unpaired) electrons. The molecule has 0 heterocycles. The van der Waals surface area contributed by atoms with E-state index in [4.69, 9.17) is 15.2 Å². The van der Waals surface area contributed by atoms with Gasteiger partial charge in [0.1, 0.15) is 0 Å². The van der Waals surface area contributed by atoms with Gasteiger partial charge in [0.05, 0.1) is 20.3 Å². The lowest BCUT2D eigenvalue weighted by Gasteiger charge is -2.22. The van der Waals surface area contributed by atoms with E-state index < -0.39 is 6.04 Å². The number of ether oxygens (including phenoxy) is 2. The van der Waals surface area contributed by atoms with Gasteiger partial charge in [-0.1, -0.05) is 19.1 Å². The Morgan fingerprint density at radius 2 is 2.05 bits per heavy atom. The van der Waals surface area contributed by atoms with Gasteiger partial charge in [0, 0.05) is 19.2 Å². The van der Waals surface area contributed by atoms with Crippen LogP contribution < -0.4 is 15.2 Å². The maximum atomic E-state index is 12.0. The van der Waals surface area contributed by atoms with E-state index in [9.17, 15) is 4.79 Å². The van der Waals surface area contributed by atoms with Crippen LogP contribution in [0, 0.1) is 0 Å². The molecule has 0 aliphatic heterocycles. The number of para-hydroxylation sites is 1. The van der Waals surface area contributed by atoms with E-state index in [1.54, 1.807) is 26.2 Å². The summed E-state index contributed by atoms with van der Waals surface area (Å²) in [5.41, 5.74) is 6.64. The Bertz CT molecular complexity index is 435. The van der Waals surface area contributed by atoms with Gasteiger partial charge >= 0.3 is 0 Å². The second-order valence-electron chi connectivity index (χ2n) is 4.36. The van der Waals surface area contributed by atoms with Crippen LogP contribution in [0.2, 0.25) is 0 Å². The quantitative estimate of drug-likeness (QED) is 0.845. The number of methoxy groups -OCH3 is 2. The lowest BCUT2D eigenvalue weighted by Crippen LogP contribution is -2.40. The molecule has 1 aromatic rings. The molecule has 2 N–H and O–H groups in total. The first kappa shape index (κ1) is 15.3. The molecule has 0 unspecified atom stereocenters. The number of hydrogen-bond acceptors (Lipinski definition) is 4. The monoisotopic (exact) mass is 266 g/mol. The Hall–Kier alpha value is -1.75. The molecule has 19 heavy (non-hydrogen) atoms. The summed E-state index contributed by atoms with van der Waals surface area (Å²) >= 11 is 0. The number of nitrogens with two attached hydrogens (primary N) is 1. The van der Waals surface area contributed by atoms with Crippen LogP contribution in [0.1, 0.15) is 18.9 Å². The molecule has 1 rings (SSSR count). The molecule has 0 spiro atoms. The van der Waals surface area contributed by atoms with Crippen LogP contribution >= 0.6 is 0 Å². The van der Waals surface area contributed by atoms with Crippen LogP contribution in [0.4, 0.5) is 0 Å². The number of nitrogens with zero attached hydrogens (tertiary/aromatic N) is 1. The number of benzene rings is 1. The van der Waals surface area contributed by atoms with E-state index in [1.807, 2.05) is 25.1 Å². The number of carbonyl (C=O) groups excluding carboxylic acids is 1. The molecule has 5 heteroatoms. The topological polar surface area (TPSA) is 64.8 Å². The van der Waals surface area contributed by atoms with Gasteiger partial charge in [0.2, 0.25) is 5.91 Å². The van der Waals surface area contributed by atoms with Crippen molar-refractivity contribution in [1.82, 2.24) is 4.90 Å². The van der Waals surface area contributed by atoms with Crippen LogP contribution in [0.5, 0.6) is 11.5 Å². The first-order chi connectivity index (χ1) is 9.04. The van der Waals surface area contributed by atoms with Gasteiger partial charge in [-0.25, -0.2) is 0 Å². The number of amides is 1. The largest absolute Gasteiger partial charge is 0.493 e. The SMILES string of the molecule is CC[C@@H](N)C(=O)N(C)Cc1cccc(OC)c1OC. The summed E-state index contributed by atoms with van der Waals surface area (Å²) in [4.78, 5) is 13.6. The Balaban J connectivity index is 2.90. The second kappa shape index (κ2) is 6.99. The highest BCUT2D eigenvalue weighted by Crippen LogP contribution is 2.31. The van der Waals surface area contributed by atoms with E-state index in [0.29, 0.717) is 24.5 Å². The molecule has 0 bridgehead atoms. The minimum atomic E-state index is -0.457. The van der Waals surface area contributed by atoms with Crippen LogP contribution in [0.25, 0.3) is 0 Å². The summed E-state index contributed by atoms with van der Waals surface area (Å²) in [7, 11) is 4.90. The fraction of sp³-hybridized carbons (Fsp3) is 0.500. The van der Waals surface area contributed by atoms with Crippen molar-refractivity contribution in [1.29, 1.82) is 0 Å². The van der Waals surface area contributed by atoms with Crippen molar-refractivity contribution in [3.63, 3.8) is 0 Å². The molecular formula is C14H22N2O3. The zero-order chi connectivity index (χ0) is 14.4. The van der Waals surface area contributed by atoms with E-state index in [2.05, 4.69) is 0 Å². The van der Waals surface area contributed by atoms with Crippen LogP contribution in [0.3, 0.4) is 0 Å². The Morgan fingerprint density at radius 1 is 1.37 bits per heavy atom. The minimum absolute atomic E-state index is 0.0765. The van der Waals surface area contributed by atoms with Crippen molar-refractivity contribution < 1.29 is 14.3 Å². The van der Waals surface area contributed by atoms with E-state index in [-0.39, 0.29) is 5.91 Å². The Morgan fingerprint density at radius 3 is 2.58 bits per heavy atom. The van der Waals surface area contributed by atoms with Crippen molar-refractivity contribution in [3.8, 4) is 11.5 Å². The van der Waals surface area contributed by atoms with Gasteiger partial charge < -0.3 is 20.1 Å². The first-order valence-electron chi connectivity index (χ1n) is 6.25. The van der Waals surface area contributed by atoms with E-state index in [1.165, 1.54) is 0 Å². The standard InChI is InChI=1S/C14H22N2O3/c1-5-11(15)14(17)16(2)9-10-7-6-8-12(18-3)13(10)19-4/h6-8,11H,5,9,15H2,1-4H3/t11-/m1/s1. The van der Waals surface area contributed by atoms with Gasteiger partial charge in [-0.15, -0.1) is 0 Å². The van der Waals surface area contributed by atoms with Crippen molar-refractivity contribution in [2.45, 2.75) is 25.9 Å². The van der Waals surface area contributed by atoms with Gasteiger partial charge in [-0.05, 0) is 12.5 Å². The van der Waals surface area contributed by atoms with E-state index >= 15 is 0 Å². The fourth-order valence-electron chi connectivity index (χ4n) is 1.87. The average molecular weight is 266 g/mol. The third kappa shape index (κ3) is 3.61. The van der Waals surface area contributed by atoms with Gasteiger partial charge in [-0.2, -0.15) is 0 Å². The highest BCUT2D eigenvalue weighted by molar-refractivity contribution is 5.81. The molecule has 106 valence electrons. The average Bonchev–Trinajstić information content (AvgIpc) is 2.44. The van der Waals surface area contributed by atoms with Crippen molar-refractivity contribution in [2.75, 3.05) is 21.3 Å². The normalized spacial score (nSPS) is 11.8. The van der Waals surface area contributed by atoms with Gasteiger partial charge in [-0.3, -0.25) is 4.79 Å². The van der Waals surface area contributed by atoms with Crippen LogP contribution in [-0.2, 0) is 11.3 Å². The number of likely N-dealkylation sites (N-methyl/N-ethyl adjacent to an activating group) is 1.